The zero-order valence-electron chi connectivity index (χ0n) is 9.33. The highest BCUT2D eigenvalue weighted by molar-refractivity contribution is 14.1. The first-order valence-corrected chi connectivity index (χ1v) is 6.33. The van der Waals surface area contributed by atoms with Gasteiger partial charge in [-0.05, 0) is 30.5 Å². The van der Waals surface area contributed by atoms with E-state index in [1.807, 2.05) is 48.1 Å². The van der Waals surface area contributed by atoms with E-state index in [-0.39, 0.29) is 5.56 Å². The highest BCUT2D eigenvalue weighted by atomic mass is 127. The molecule has 0 atom stereocenters. The van der Waals surface area contributed by atoms with Crippen molar-refractivity contribution in [2.45, 2.75) is 26.7 Å². The van der Waals surface area contributed by atoms with Gasteiger partial charge in [-0.3, -0.25) is 9.78 Å². The fraction of sp³-hybridized carbons (Fsp3) is 0.333. The summed E-state index contributed by atoms with van der Waals surface area (Å²) >= 11 is 2.05. The fourth-order valence-electron chi connectivity index (χ4n) is 1.68. The van der Waals surface area contributed by atoms with Gasteiger partial charge >= 0.3 is 0 Å². The zero-order chi connectivity index (χ0) is 11.7. The number of nitrogens with zero attached hydrogens (tertiary/aromatic N) is 2. The summed E-state index contributed by atoms with van der Waals surface area (Å²) < 4.78 is 1.66. The van der Waals surface area contributed by atoms with Crippen LogP contribution in [0.3, 0.4) is 0 Å². The van der Waals surface area contributed by atoms with Crippen LogP contribution in [-0.4, -0.2) is 7.76 Å². The molecule has 0 aliphatic carbocycles. The molecule has 0 aliphatic heterocycles. The topological polar surface area (TPSA) is 34.9 Å². The normalized spacial score (nSPS) is 10.9. The first-order valence-electron chi connectivity index (χ1n) is 5.37. The molecular weight excluding hydrogens is 315 g/mol. The van der Waals surface area contributed by atoms with Crippen LogP contribution in [0, 0.1) is 0 Å². The molecule has 0 radical (unpaired) electrons. The van der Waals surface area contributed by atoms with Crippen molar-refractivity contribution in [1.82, 2.24) is 7.76 Å². The summed E-state index contributed by atoms with van der Waals surface area (Å²) in [6.45, 7) is 4.07. The van der Waals surface area contributed by atoms with Crippen molar-refractivity contribution >= 4 is 33.9 Å². The Kier molecular flexibility index (Phi) is 3.28. The number of aromatic nitrogens is 2. The summed E-state index contributed by atoms with van der Waals surface area (Å²) in [5.41, 5.74) is 3.84. The minimum atomic E-state index is 0.0747. The number of aryl methyl sites for hydroxylation is 2. The predicted molar refractivity (Wildman–Crippen MR) is 74.2 cm³/mol. The lowest BCUT2D eigenvalue weighted by molar-refractivity contribution is 1.06. The van der Waals surface area contributed by atoms with Crippen molar-refractivity contribution in [2.24, 2.45) is 0 Å². The molecule has 0 amide bonds. The molecule has 0 saturated heterocycles. The minimum Gasteiger partial charge on any atom is -0.268 e. The van der Waals surface area contributed by atoms with E-state index in [2.05, 4.69) is 11.9 Å². The molecule has 3 nitrogen and oxygen atoms in total. The summed E-state index contributed by atoms with van der Waals surface area (Å²) in [7, 11) is 0. The number of halogens is 1. The third-order valence-corrected chi connectivity index (χ3v) is 3.68. The molecule has 0 saturated carbocycles. The van der Waals surface area contributed by atoms with E-state index < -0.39 is 0 Å². The molecule has 0 unspecified atom stereocenters. The minimum absolute atomic E-state index is 0.0747. The molecule has 2 rings (SSSR count). The average Bonchev–Trinajstić information content (AvgIpc) is 2.33. The summed E-state index contributed by atoms with van der Waals surface area (Å²) in [5, 5.41) is 0. The van der Waals surface area contributed by atoms with Crippen molar-refractivity contribution in [3.63, 3.8) is 0 Å². The number of pyridine rings is 2. The number of hydrogen-bond donors (Lipinski definition) is 0. The Balaban J connectivity index is 2.82. The third-order valence-electron chi connectivity index (χ3n) is 2.72. The molecule has 0 bridgehead atoms. The van der Waals surface area contributed by atoms with Gasteiger partial charge in [0.1, 0.15) is 0 Å². The second kappa shape index (κ2) is 4.53. The monoisotopic (exact) mass is 328 g/mol. The number of fused-ring (bicyclic) bond motifs is 1. The smallest absolute Gasteiger partial charge is 0.263 e. The van der Waals surface area contributed by atoms with Gasteiger partial charge in [0.2, 0.25) is 0 Å². The van der Waals surface area contributed by atoms with Gasteiger partial charge in [0.15, 0.2) is 0 Å². The summed E-state index contributed by atoms with van der Waals surface area (Å²) in [6, 6.07) is 3.93. The Morgan fingerprint density at radius 2 is 2.06 bits per heavy atom. The highest BCUT2D eigenvalue weighted by Gasteiger charge is 2.07. The molecule has 0 spiro atoms. The second-order valence-corrected chi connectivity index (χ2v) is 4.68. The molecule has 4 heteroatoms. The van der Waals surface area contributed by atoms with E-state index in [0.29, 0.717) is 0 Å². The van der Waals surface area contributed by atoms with Gasteiger partial charge in [-0.1, -0.05) is 13.8 Å². The Bertz CT molecular complexity index is 589. The summed E-state index contributed by atoms with van der Waals surface area (Å²) in [5.74, 6) is 0. The largest absolute Gasteiger partial charge is 0.268 e. The van der Waals surface area contributed by atoms with Crippen molar-refractivity contribution in [2.75, 3.05) is 0 Å². The van der Waals surface area contributed by atoms with E-state index in [9.17, 15) is 4.79 Å². The first kappa shape index (κ1) is 11.6. The fourth-order valence-corrected chi connectivity index (χ4v) is 2.38. The van der Waals surface area contributed by atoms with Gasteiger partial charge in [-0.15, -0.1) is 0 Å². The molecule has 0 fully saturated rings. The van der Waals surface area contributed by atoms with Gasteiger partial charge < -0.3 is 0 Å². The molecular formula is C12H13IN2O. The van der Waals surface area contributed by atoms with Crippen molar-refractivity contribution in [1.29, 1.82) is 0 Å². The lowest BCUT2D eigenvalue weighted by Crippen LogP contribution is -2.17. The lowest BCUT2D eigenvalue weighted by Gasteiger charge is -2.06. The van der Waals surface area contributed by atoms with Crippen LogP contribution >= 0.6 is 22.9 Å². The van der Waals surface area contributed by atoms with Crippen LogP contribution in [0.2, 0.25) is 0 Å². The maximum absolute atomic E-state index is 11.9. The van der Waals surface area contributed by atoms with Crippen LogP contribution < -0.4 is 5.56 Å². The quantitative estimate of drug-likeness (QED) is 0.795. The molecule has 2 aromatic rings. The van der Waals surface area contributed by atoms with Gasteiger partial charge in [-0.25, -0.2) is 2.78 Å². The maximum Gasteiger partial charge on any atom is 0.263 e. The van der Waals surface area contributed by atoms with E-state index in [1.165, 1.54) is 0 Å². The van der Waals surface area contributed by atoms with Crippen LogP contribution in [0.5, 0.6) is 0 Å². The summed E-state index contributed by atoms with van der Waals surface area (Å²) in [6.07, 6.45) is 3.56. The number of hydrogen-bond acceptors (Lipinski definition) is 2. The molecule has 2 heterocycles. The first-order chi connectivity index (χ1) is 7.67. The standard InChI is InChI=1S/C12H13IN2O/c1-3-8-5-11-10(14-7-8)6-9(4-2)12(16)15(11)13/h5-7H,3-4H2,1-2H3. The molecule has 0 N–H and O–H groups in total. The van der Waals surface area contributed by atoms with Crippen LogP contribution in [-0.2, 0) is 12.8 Å². The SMILES string of the molecule is CCc1cnc2cc(CC)c(=O)n(I)c2c1. The maximum atomic E-state index is 11.9. The van der Waals surface area contributed by atoms with Gasteiger partial charge in [0.25, 0.3) is 5.56 Å². The molecule has 84 valence electrons. The van der Waals surface area contributed by atoms with E-state index >= 15 is 0 Å². The van der Waals surface area contributed by atoms with Crippen molar-refractivity contribution < 1.29 is 0 Å². The predicted octanol–water partition coefficient (Wildman–Crippen LogP) is 2.72. The van der Waals surface area contributed by atoms with Gasteiger partial charge in [0, 0.05) is 11.8 Å². The molecule has 0 aromatic carbocycles. The second-order valence-electron chi connectivity index (χ2n) is 3.71. The molecule has 16 heavy (non-hydrogen) atoms. The van der Waals surface area contributed by atoms with Crippen molar-refractivity contribution in [3.8, 4) is 0 Å². The average molecular weight is 328 g/mol. The molecule has 0 aliphatic rings. The Morgan fingerprint density at radius 3 is 2.69 bits per heavy atom. The molecule has 2 aromatic heterocycles. The summed E-state index contributed by atoms with van der Waals surface area (Å²) in [4.78, 5) is 16.3. The van der Waals surface area contributed by atoms with Crippen LogP contribution in [0.4, 0.5) is 0 Å². The third kappa shape index (κ3) is 1.86. The van der Waals surface area contributed by atoms with Gasteiger partial charge in [-0.2, -0.15) is 0 Å². The zero-order valence-corrected chi connectivity index (χ0v) is 11.5. The van der Waals surface area contributed by atoms with E-state index in [4.69, 9.17) is 0 Å². The van der Waals surface area contributed by atoms with Crippen molar-refractivity contribution in [3.05, 3.63) is 39.8 Å². The Labute approximate surface area is 108 Å². The van der Waals surface area contributed by atoms with Crippen LogP contribution in [0.25, 0.3) is 11.0 Å². The highest BCUT2D eigenvalue weighted by Crippen LogP contribution is 2.15. The Hall–Kier alpha value is -0.910. The van der Waals surface area contributed by atoms with Gasteiger partial charge in [0.05, 0.1) is 33.9 Å². The lowest BCUT2D eigenvalue weighted by atomic mass is 10.1. The van der Waals surface area contributed by atoms with E-state index in [0.717, 1.165) is 35.0 Å². The van der Waals surface area contributed by atoms with Crippen LogP contribution in [0.1, 0.15) is 25.0 Å². The van der Waals surface area contributed by atoms with Crippen LogP contribution in [0.15, 0.2) is 23.1 Å². The Morgan fingerprint density at radius 1 is 1.31 bits per heavy atom. The number of rotatable bonds is 2. The van der Waals surface area contributed by atoms with E-state index in [1.54, 1.807) is 2.78 Å².